The van der Waals surface area contributed by atoms with E-state index < -0.39 is 0 Å². The number of amides is 1. The predicted molar refractivity (Wildman–Crippen MR) is 77.4 cm³/mol. The normalized spacial score (nSPS) is 27.3. The highest BCUT2D eigenvalue weighted by molar-refractivity contribution is 5.84. The lowest BCUT2D eigenvalue weighted by molar-refractivity contribution is -0.132. The van der Waals surface area contributed by atoms with Gasteiger partial charge in [-0.1, -0.05) is 25.0 Å². The Bertz CT molecular complexity index is 497. The van der Waals surface area contributed by atoms with E-state index in [1.54, 1.807) is 7.11 Å². The van der Waals surface area contributed by atoms with Gasteiger partial charge in [0.25, 0.3) is 0 Å². The summed E-state index contributed by atoms with van der Waals surface area (Å²) in [4.78, 5) is 14.5. The summed E-state index contributed by atoms with van der Waals surface area (Å²) in [5.41, 5.74) is 1.11. The molecule has 1 aromatic carbocycles. The summed E-state index contributed by atoms with van der Waals surface area (Å²) in [5, 5.41) is 3.42. The molecule has 4 nitrogen and oxygen atoms in total. The molecule has 1 saturated carbocycles. The largest absolute Gasteiger partial charge is 0.497 e. The molecule has 1 N–H and O–H groups in total. The maximum atomic E-state index is 12.5. The highest BCUT2D eigenvalue weighted by Crippen LogP contribution is 2.34. The van der Waals surface area contributed by atoms with Gasteiger partial charge in [-0.05, 0) is 37.5 Å². The Hall–Kier alpha value is -1.55. The topological polar surface area (TPSA) is 41.6 Å². The fourth-order valence-electron chi connectivity index (χ4n) is 3.38. The van der Waals surface area contributed by atoms with Gasteiger partial charge in [0.15, 0.2) is 0 Å². The molecule has 0 radical (unpaired) electrons. The number of hydrogen-bond donors (Lipinski definition) is 1. The van der Waals surface area contributed by atoms with E-state index >= 15 is 0 Å². The van der Waals surface area contributed by atoms with Crippen molar-refractivity contribution in [2.75, 3.05) is 7.11 Å². The van der Waals surface area contributed by atoms with E-state index in [1.165, 1.54) is 12.8 Å². The van der Waals surface area contributed by atoms with Crippen LogP contribution in [0.25, 0.3) is 0 Å². The van der Waals surface area contributed by atoms with Crippen molar-refractivity contribution in [3.8, 4) is 5.75 Å². The minimum atomic E-state index is -0.105. The summed E-state index contributed by atoms with van der Waals surface area (Å²) in [6, 6.07) is 8.28. The molecule has 1 aromatic rings. The Morgan fingerprint density at radius 2 is 2.05 bits per heavy atom. The Labute approximate surface area is 120 Å². The summed E-state index contributed by atoms with van der Waals surface area (Å²) in [7, 11) is 1.67. The highest BCUT2D eigenvalue weighted by atomic mass is 16.5. The molecule has 3 rings (SSSR count). The van der Waals surface area contributed by atoms with Gasteiger partial charge in [0.05, 0.1) is 13.2 Å². The molecular weight excluding hydrogens is 252 g/mol. The maximum Gasteiger partial charge on any atom is 0.241 e. The number of benzene rings is 1. The van der Waals surface area contributed by atoms with Crippen molar-refractivity contribution in [3.05, 3.63) is 29.8 Å². The number of hydrogen-bond acceptors (Lipinski definition) is 3. The van der Waals surface area contributed by atoms with Crippen molar-refractivity contribution in [2.45, 2.75) is 50.9 Å². The molecule has 0 aromatic heterocycles. The summed E-state index contributed by atoms with van der Waals surface area (Å²) in [5.74, 6) is 1.06. The molecule has 2 atom stereocenters. The van der Waals surface area contributed by atoms with Crippen LogP contribution >= 0.6 is 0 Å². The molecule has 0 spiro atoms. The quantitative estimate of drug-likeness (QED) is 0.920. The van der Waals surface area contributed by atoms with Crippen molar-refractivity contribution < 1.29 is 9.53 Å². The molecule has 1 heterocycles. The maximum absolute atomic E-state index is 12.5. The SMILES string of the molecule is COc1cccc(C2NC(C)C(=O)N2C2CCCC2)c1. The molecule has 20 heavy (non-hydrogen) atoms. The van der Waals surface area contributed by atoms with Crippen molar-refractivity contribution in [2.24, 2.45) is 0 Å². The summed E-state index contributed by atoms with van der Waals surface area (Å²) >= 11 is 0. The van der Waals surface area contributed by atoms with Crippen LogP contribution in [0.1, 0.15) is 44.3 Å². The standard InChI is InChI=1S/C16H22N2O2/c1-11-16(19)18(13-7-3-4-8-13)15(17-11)12-6-5-9-14(10-12)20-2/h5-6,9-11,13,15,17H,3-4,7-8H2,1-2H3. The van der Waals surface area contributed by atoms with Crippen LogP contribution in [0, 0.1) is 0 Å². The predicted octanol–water partition coefficient (Wildman–Crippen LogP) is 2.46. The van der Waals surface area contributed by atoms with Gasteiger partial charge in [-0.3, -0.25) is 10.1 Å². The van der Waals surface area contributed by atoms with Gasteiger partial charge >= 0.3 is 0 Å². The number of carbonyl (C=O) groups is 1. The molecule has 1 aliphatic heterocycles. The van der Waals surface area contributed by atoms with Crippen LogP contribution in [0.3, 0.4) is 0 Å². The Kier molecular flexibility index (Phi) is 3.66. The number of carbonyl (C=O) groups excluding carboxylic acids is 1. The van der Waals surface area contributed by atoms with Gasteiger partial charge in [0.1, 0.15) is 11.9 Å². The molecule has 2 aliphatic rings. The van der Waals surface area contributed by atoms with E-state index in [1.807, 2.05) is 25.1 Å². The Balaban J connectivity index is 1.90. The van der Waals surface area contributed by atoms with Crippen molar-refractivity contribution >= 4 is 5.91 Å². The monoisotopic (exact) mass is 274 g/mol. The second-order valence-electron chi connectivity index (χ2n) is 5.75. The molecule has 0 bridgehead atoms. The van der Waals surface area contributed by atoms with E-state index in [0.717, 1.165) is 24.2 Å². The first kappa shape index (κ1) is 13.4. The summed E-state index contributed by atoms with van der Waals surface area (Å²) < 4.78 is 5.30. The molecule has 1 saturated heterocycles. The third-order valence-corrected chi connectivity index (χ3v) is 4.44. The molecular formula is C16H22N2O2. The lowest BCUT2D eigenvalue weighted by Gasteiger charge is -2.30. The molecule has 1 amide bonds. The number of nitrogens with one attached hydrogen (secondary N) is 1. The van der Waals surface area contributed by atoms with Crippen molar-refractivity contribution in [3.63, 3.8) is 0 Å². The van der Waals surface area contributed by atoms with Gasteiger partial charge in [0, 0.05) is 6.04 Å². The smallest absolute Gasteiger partial charge is 0.241 e. The van der Waals surface area contributed by atoms with Gasteiger partial charge in [-0.25, -0.2) is 0 Å². The van der Waals surface area contributed by atoms with Gasteiger partial charge < -0.3 is 9.64 Å². The van der Waals surface area contributed by atoms with E-state index in [2.05, 4.69) is 16.3 Å². The van der Waals surface area contributed by atoms with E-state index in [-0.39, 0.29) is 18.1 Å². The average molecular weight is 274 g/mol. The molecule has 2 unspecified atom stereocenters. The van der Waals surface area contributed by atoms with Crippen LogP contribution in [-0.4, -0.2) is 30.0 Å². The fraction of sp³-hybridized carbons (Fsp3) is 0.562. The number of rotatable bonds is 3. The molecule has 108 valence electrons. The lowest BCUT2D eigenvalue weighted by Crippen LogP contribution is -2.38. The van der Waals surface area contributed by atoms with E-state index in [4.69, 9.17) is 4.74 Å². The zero-order chi connectivity index (χ0) is 14.1. The lowest BCUT2D eigenvalue weighted by atomic mass is 10.1. The zero-order valence-electron chi connectivity index (χ0n) is 12.1. The first-order valence-corrected chi connectivity index (χ1v) is 7.43. The van der Waals surface area contributed by atoms with Crippen molar-refractivity contribution in [1.82, 2.24) is 10.2 Å². The second-order valence-corrected chi connectivity index (χ2v) is 5.75. The number of nitrogens with zero attached hydrogens (tertiary/aromatic N) is 1. The van der Waals surface area contributed by atoms with E-state index in [9.17, 15) is 4.79 Å². The van der Waals surface area contributed by atoms with Crippen LogP contribution in [0.5, 0.6) is 5.75 Å². The Morgan fingerprint density at radius 3 is 2.75 bits per heavy atom. The molecule has 2 fully saturated rings. The van der Waals surface area contributed by atoms with Crippen LogP contribution in [0.15, 0.2) is 24.3 Å². The summed E-state index contributed by atoms with van der Waals surface area (Å²) in [6.07, 6.45) is 4.69. The number of methoxy groups -OCH3 is 1. The van der Waals surface area contributed by atoms with Crippen LogP contribution < -0.4 is 10.1 Å². The van der Waals surface area contributed by atoms with Crippen LogP contribution in [0.2, 0.25) is 0 Å². The second kappa shape index (κ2) is 5.44. The summed E-state index contributed by atoms with van der Waals surface area (Å²) in [6.45, 7) is 1.95. The highest BCUT2D eigenvalue weighted by Gasteiger charge is 2.41. The van der Waals surface area contributed by atoms with Crippen LogP contribution in [0.4, 0.5) is 0 Å². The zero-order valence-corrected chi connectivity index (χ0v) is 12.1. The number of ether oxygens (including phenoxy) is 1. The third kappa shape index (κ3) is 2.29. The molecule has 1 aliphatic carbocycles. The first-order chi connectivity index (χ1) is 9.70. The minimum Gasteiger partial charge on any atom is -0.497 e. The first-order valence-electron chi connectivity index (χ1n) is 7.43. The van der Waals surface area contributed by atoms with Gasteiger partial charge in [-0.15, -0.1) is 0 Å². The third-order valence-electron chi connectivity index (χ3n) is 4.44. The average Bonchev–Trinajstić information content (AvgIpc) is 3.08. The van der Waals surface area contributed by atoms with Gasteiger partial charge in [0.2, 0.25) is 5.91 Å². The van der Waals surface area contributed by atoms with Crippen molar-refractivity contribution in [1.29, 1.82) is 0 Å². The van der Waals surface area contributed by atoms with Crippen LogP contribution in [-0.2, 0) is 4.79 Å². The fourth-order valence-corrected chi connectivity index (χ4v) is 3.38. The Morgan fingerprint density at radius 1 is 1.30 bits per heavy atom. The van der Waals surface area contributed by atoms with E-state index in [0.29, 0.717) is 6.04 Å². The van der Waals surface area contributed by atoms with Gasteiger partial charge in [-0.2, -0.15) is 0 Å². The minimum absolute atomic E-state index is 0.0179. The molecule has 4 heteroatoms.